The van der Waals surface area contributed by atoms with Gasteiger partial charge in [-0.25, -0.2) is 0 Å². The van der Waals surface area contributed by atoms with Crippen LogP contribution < -0.4 is 10.6 Å². The van der Waals surface area contributed by atoms with Crippen LogP contribution in [0.15, 0.2) is 40.9 Å². The molecule has 1 heterocycles. The summed E-state index contributed by atoms with van der Waals surface area (Å²) < 4.78 is 0.963. The molecule has 0 aliphatic heterocycles. The maximum absolute atomic E-state index is 12.0. The Balaban J connectivity index is 1.54. The minimum absolute atomic E-state index is 0.103. The van der Waals surface area contributed by atoms with E-state index in [2.05, 4.69) is 36.8 Å². The van der Waals surface area contributed by atoms with E-state index in [1.807, 2.05) is 30.3 Å². The van der Waals surface area contributed by atoms with E-state index >= 15 is 0 Å². The molecule has 1 aliphatic carbocycles. The molecule has 0 saturated heterocycles. The van der Waals surface area contributed by atoms with Gasteiger partial charge >= 0.3 is 0 Å². The summed E-state index contributed by atoms with van der Waals surface area (Å²) in [6.07, 6.45) is 5.23. The van der Waals surface area contributed by atoms with E-state index in [1.54, 1.807) is 6.07 Å². The smallest absolute Gasteiger partial charge is 0.229 e. The van der Waals surface area contributed by atoms with Crippen LogP contribution in [0.4, 0.5) is 11.6 Å². The highest BCUT2D eigenvalue weighted by molar-refractivity contribution is 9.10. The lowest BCUT2D eigenvalue weighted by Crippen LogP contribution is -2.18. The minimum Gasteiger partial charge on any atom is -0.366 e. The molecule has 0 radical (unpaired) electrons. The Bertz CT molecular complexity index is 669. The van der Waals surface area contributed by atoms with E-state index < -0.39 is 0 Å². The molecule has 0 atom stereocenters. The Morgan fingerprint density at radius 2 is 1.87 bits per heavy atom. The van der Waals surface area contributed by atoms with Gasteiger partial charge in [-0.05, 0) is 42.7 Å². The molecule has 0 bridgehead atoms. The third-order valence-electron chi connectivity index (χ3n) is 3.89. The summed E-state index contributed by atoms with van der Waals surface area (Å²) in [5.41, 5.74) is 0.948. The first-order chi connectivity index (χ1) is 11.2. The molecule has 6 heteroatoms. The standard InChI is InChI=1S/C17H19BrN4O/c18-13-5-3-4-12(10-13)11-17(23)20-16-9-8-15(21-22-16)19-14-6-1-2-7-14/h3-5,8-10,14H,1-2,6-7,11H2,(H,19,21)(H,20,22,23). The lowest BCUT2D eigenvalue weighted by molar-refractivity contribution is -0.115. The summed E-state index contributed by atoms with van der Waals surface area (Å²) in [4.78, 5) is 12.0. The molecule has 2 N–H and O–H groups in total. The molecule has 1 saturated carbocycles. The number of halogens is 1. The number of anilines is 2. The van der Waals surface area contributed by atoms with Gasteiger partial charge in [0.1, 0.15) is 5.82 Å². The number of carbonyl (C=O) groups is 1. The molecule has 3 rings (SSSR count). The number of hydrogen-bond donors (Lipinski definition) is 2. The number of carbonyl (C=O) groups excluding carboxylic acids is 1. The average molecular weight is 375 g/mol. The molecule has 5 nitrogen and oxygen atoms in total. The molecule has 23 heavy (non-hydrogen) atoms. The fourth-order valence-corrected chi connectivity index (χ4v) is 3.22. The third-order valence-corrected chi connectivity index (χ3v) is 4.39. The third kappa shape index (κ3) is 4.76. The molecule has 0 unspecified atom stereocenters. The quantitative estimate of drug-likeness (QED) is 0.835. The van der Waals surface area contributed by atoms with Crippen LogP contribution in [0.5, 0.6) is 0 Å². The van der Waals surface area contributed by atoms with Crippen molar-refractivity contribution < 1.29 is 4.79 Å². The summed E-state index contributed by atoms with van der Waals surface area (Å²) in [6.45, 7) is 0. The Hall–Kier alpha value is -1.95. The molecule has 0 spiro atoms. The van der Waals surface area contributed by atoms with E-state index in [1.165, 1.54) is 25.7 Å². The Labute approximate surface area is 144 Å². The van der Waals surface area contributed by atoms with Crippen LogP contribution in [-0.4, -0.2) is 22.1 Å². The lowest BCUT2D eigenvalue weighted by Gasteiger charge is -2.12. The first-order valence-electron chi connectivity index (χ1n) is 7.83. The number of hydrogen-bond acceptors (Lipinski definition) is 4. The normalized spacial score (nSPS) is 14.7. The van der Waals surface area contributed by atoms with Gasteiger partial charge in [-0.1, -0.05) is 40.9 Å². The zero-order chi connectivity index (χ0) is 16.1. The van der Waals surface area contributed by atoms with E-state index in [9.17, 15) is 4.79 Å². The summed E-state index contributed by atoms with van der Waals surface area (Å²) >= 11 is 3.40. The molecular weight excluding hydrogens is 356 g/mol. The van der Waals surface area contributed by atoms with Gasteiger partial charge < -0.3 is 10.6 Å². The highest BCUT2D eigenvalue weighted by atomic mass is 79.9. The van der Waals surface area contributed by atoms with E-state index in [0.717, 1.165) is 15.9 Å². The molecule has 120 valence electrons. The van der Waals surface area contributed by atoms with Crippen molar-refractivity contribution in [3.63, 3.8) is 0 Å². The molecule has 1 amide bonds. The van der Waals surface area contributed by atoms with Crippen molar-refractivity contribution in [1.29, 1.82) is 0 Å². The maximum atomic E-state index is 12.0. The van der Waals surface area contributed by atoms with Crippen molar-refractivity contribution in [2.75, 3.05) is 10.6 Å². The van der Waals surface area contributed by atoms with Crippen LogP contribution in [0.3, 0.4) is 0 Å². The van der Waals surface area contributed by atoms with Gasteiger partial charge in [0.05, 0.1) is 6.42 Å². The number of benzene rings is 1. The van der Waals surface area contributed by atoms with E-state index in [0.29, 0.717) is 18.3 Å². The molecule has 1 aliphatic rings. The molecule has 1 aromatic heterocycles. The van der Waals surface area contributed by atoms with E-state index in [4.69, 9.17) is 0 Å². The molecule has 1 fully saturated rings. The van der Waals surface area contributed by atoms with Crippen LogP contribution in [-0.2, 0) is 11.2 Å². The molecule has 1 aromatic carbocycles. The van der Waals surface area contributed by atoms with Crippen molar-refractivity contribution in [3.05, 3.63) is 46.4 Å². The van der Waals surface area contributed by atoms with Gasteiger partial charge in [-0.3, -0.25) is 4.79 Å². The highest BCUT2D eigenvalue weighted by Gasteiger charge is 2.15. The van der Waals surface area contributed by atoms with Crippen LogP contribution in [0.2, 0.25) is 0 Å². The van der Waals surface area contributed by atoms with Gasteiger partial charge in [0.25, 0.3) is 0 Å². The molecule has 2 aromatic rings. The maximum Gasteiger partial charge on any atom is 0.229 e. The van der Waals surface area contributed by atoms with Crippen molar-refractivity contribution in [3.8, 4) is 0 Å². The van der Waals surface area contributed by atoms with Crippen molar-refractivity contribution in [2.24, 2.45) is 0 Å². The van der Waals surface area contributed by atoms with Crippen LogP contribution in [0.25, 0.3) is 0 Å². The zero-order valence-electron chi connectivity index (χ0n) is 12.8. The first kappa shape index (κ1) is 15.9. The molecular formula is C17H19BrN4O. The Morgan fingerprint density at radius 3 is 2.57 bits per heavy atom. The number of rotatable bonds is 5. The summed E-state index contributed by atoms with van der Waals surface area (Å²) in [5.74, 6) is 1.14. The average Bonchev–Trinajstić information content (AvgIpc) is 3.02. The van der Waals surface area contributed by atoms with Gasteiger partial charge in [-0.2, -0.15) is 0 Å². The van der Waals surface area contributed by atoms with E-state index in [-0.39, 0.29) is 5.91 Å². The SMILES string of the molecule is O=C(Cc1cccc(Br)c1)Nc1ccc(NC2CCCC2)nn1. The van der Waals surface area contributed by atoms with Crippen LogP contribution in [0.1, 0.15) is 31.2 Å². The lowest BCUT2D eigenvalue weighted by atomic mass is 10.1. The summed E-state index contributed by atoms with van der Waals surface area (Å²) in [6, 6.07) is 11.8. The first-order valence-corrected chi connectivity index (χ1v) is 8.63. The second kappa shape index (κ2) is 7.55. The summed E-state index contributed by atoms with van der Waals surface area (Å²) in [7, 11) is 0. The second-order valence-corrected chi connectivity index (χ2v) is 6.70. The van der Waals surface area contributed by atoms with Crippen LogP contribution >= 0.6 is 15.9 Å². The van der Waals surface area contributed by atoms with Crippen molar-refractivity contribution >= 4 is 33.5 Å². The second-order valence-electron chi connectivity index (χ2n) is 5.78. The van der Waals surface area contributed by atoms with Gasteiger partial charge in [0.2, 0.25) is 5.91 Å². The number of aromatic nitrogens is 2. The Morgan fingerprint density at radius 1 is 1.13 bits per heavy atom. The minimum atomic E-state index is -0.103. The zero-order valence-corrected chi connectivity index (χ0v) is 14.3. The van der Waals surface area contributed by atoms with Gasteiger partial charge in [0.15, 0.2) is 5.82 Å². The van der Waals surface area contributed by atoms with Crippen molar-refractivity contribution in [1.82, 2.24) is 10.2 Å². The number of amides is 1. The fourth-order valence-electron chi connectivity index (χ4n) is 2.77. The van der Waals surface area contributed by atoms with Gasteiger partial charge in [0, 0.05) is 10.5 Å². The monoisotopic (exact) mass is 374 g/mol. The Kier molecular flexibility index (Phi) is 5.23. The number of nitrogens with one attached hydrogen (secondary N) is 2. The fraction of sp³-hybridized carbons (Fsp3) is 0.353. The topological polar surface area (TPSA) is 66.9 Å². The van der Waals surface area contributed by atoms with Crippen LogP contribution in [0, 0.1) is 0 Å². The summed E-state index contributed by atoms with van der Waals surface area (Å²) in [5, 5.41) is 14.4. The van der Waals surface area contributed by atoms with Gasteiger partial charge in [-0.15, -0.1) is 10.2 Å². The predicted octanol–water partition coefficient (Wildman–Crippen LogP) is 3.77. The number of nitrogens with zero attached hydrogens (tertiary/aromatic N) is 2. The van der Waals surface area contributed by atoms with Crippen molar-refractivity contribution in [2.45, 2.75) is 38.1 Å². The predicted molar refractivity (Wildman–Crippen MR) is 94.4 cm³/mol. The largest absolute Gasteiger partial charge is 0.366 e. The highest BCUT2D eigenvalue weighted by Crippen LogP contribution is 2.21.